The third-order valence-corrected chi connectivity index (χ3v) is 6.41. The van der Waals surface area contributed by atoms with Gasteiger partial charge in [-0.3, -0.25) is 4.79 Å². The van der Waals surface area contributed by atoms with Gasteiger partial charge in [0, 0.05) is 12.2 Å². The molecule has 6 nitrogen and oxygen atoms in total. The Morgan fingerprint density at radius 2 is 1.82 bits per heavy atom. The van der Waals surface area contributed by atoms with Crippen LogP contribution >= 0.6 is 23.1 Å². The van der Waals surface area contributed by atoms with E-state index in [-0.39, 0.29) is 11.2 Å². The maximum Gasteiger partial charge on any atom is 0.233 e. The van der Waals surface area contributed by atoms with Crippen molar-refractivity contribution in [1.29, 1.82) is 0 Å². The molecule has 1 aliphatic heterocycles. The van der Waals surface area contributed by atoms with Crippen LogP contribution in [-0.4, -0.2) is 27.9 Å². The summed E-state index contributed by atoms with van der Waals surface area (Å²) in [6, 6.07) is 17.4. The summed E-state index contributed by atoms with van der Waals surface area (Å²) >= 11 is 2.95. The monoisotopic (exact) mass is 412 g/mol. The highest BCUT2D eigenvalue weighted by Gasteiger charge is 2.23. The lowest BCUT2D eigenvalue weighted by atomic mass is 10.2. The van der Waals surface area contributed by atoms with Crippen LogP contribution in [0.4, 0.5) is 10.8 Å². The fourth-order valence-electron chi connectivity index (χ4n) is 2.81. The number of carbonyl (C=O) groups is 1. The van der Waals surface area contributed by atoms with E-state index in [1.54, 1.807) is 0 Å². The number of thioether (sulfide) groups is 1. The smallest absolute Gasteiger partial charge is 0.233 e. The van der Waals surface area contributed by atoms with Crippen molar-refractivity contribution in [2.75, 3.05) is 11.9 Å². The molecule has 2 aromatic carbocycles. The Morgan fingerprint density at radius 3 is 2.64 bits per heavy atom. The highest BCUT2D eigenvalue weighted by atomic mass is 32.2. The maximum absolute atomic E-state index is 12.1. The van der Waals surface area contributed by atoms with Crippen LogP contribution in [0.25, 0.3) is 0 Å². The second kappa shape index (κ2) is 9.07. The molecule has 1 fully saturated rings. The second-order valence-electron chi connectivity index (χ2n) is 6.33. The van der Waals surface area contributed by atoms with Gasteiger partial charge in [-0.25, -0.2) is 0 Å². The van der Waals surface area contributed by atoms with E-state index in [2.05, 4.69) is 20.8 Å². The minimum atomic E-state index is -0.0854. The van der Waals surface area contributed by atoms with Crippen molar-refractivity contribution < 1.29 is 9.53 Å². The van der Waals surface area contributed by atoms with E-state index >= 15 is 0 Å². The summed E-state index contributed by atoms with van der Waals surface area (Å²) in [6.07, 6.45) is 2.97. The standard InChI is InChI=1S/C20H20N4O2S2/c25-18-17(8-4-5-13-21-18)27-20-24-23-19(28-20)22-14-9-11-16(12-10-14)26-15-6-2-1-3-7-15/h1-3,6-7,9-12,17H,4-5,8,13H2,(H,21,25)(H,22,23). The molecule has 1 atom stereocenters. The number of aromatic nitrogens is 2. The number of hydrogen-bond donors (Lipinski definition) is 2. The molecular formula is C20H20N4O2S2. The first-order chi connectivity index (χ1) is 13.8. The van der Waals surface area contributed by atoms with E-state index < -0.39 is 0 Å². The lowest BCUT2D eigenvalue weighted by Gasteiger charge is -2.09. The largest absolute Gasteiger partial charge is 0.457 e. The van der Waals surface area contributed by atoms with Gasteiger partial charge in [-0.2, -0.15) is 0 Å². The number of benzene rings is 2. The van der Waals surface area contributed by atoms with Crippen molar-refractivity contribution in [3.8, 4) is 11.5 Å². The molecule has 1 aliphatic rings. The number of anilines is 2. The number of nitrogens with one attached hydrogen (secondary N) is 2. The summed E-state index contributed by atoms with van der Waals surface area (Å²) in [5.74, 6) is 1.67. The van der Waals surface area contributed by atoms with Gasteiger partial charge in [0.25, 0.3) is 0 Å². The Bertz CT molecular complexity index is 915. The summed E-state index contributed by atoms with van der Waals surface area (Å²) < 4.78 is 6.60. The molecule has 2 N–H and O–H groups in total. The highest BCUT2D eigenvalue weighted by Crippen LogP contribution is 2.33. The number of amides is 1. The van der Waals surface area contributed by atoms with Crippen LogP contribution < -0.4 is 15.4 Å². The molecular weight excluding hydrogens is 392 g/mol. The third kappa shape index (κ3) is 5.02. The summed E-state index contributed by atoms with van der Waals surface area (Å²) in [7, 11) is 0. The number of para-hydroxylation sites is 1. The first kappa shape index (κ1) is 18.8. The Labute approximate surface area is 171 Å². The van der Waals surface area contributed by atoms with Gasteiger partial charge >= 0.3 is 0 Å². The lowest BCUT2D eigenvalue weighted by Crippen LogP contribution is -2.30. The summed E-state index contributed by atoms with van der Waals surface area (Å²) in [5.41, 5.74) is 0.903. The fraction of sp³-hybridized carbons (Fsp3) is 0.250. The number of rotatable bonds is 6. The molecule has 4 rings (SSSR count). The highest BCUT2D eigenvalue weighted by molar-refractivity contribution is 8.02. The Balaban J connectivity index is 1.35. The molecule has 1 unspecified atom stereocenters. The normalized spacial score (nSPS) is 16.9. The zero-order valence-corrected chi connectivity index (χ0v) is 16.8. The Kier molecular flexibility index (Phi) is 6.08. The molecule has 1 saturated heterocycles. The molecule has 144 valence electrons. The summed E-state index contributed by atoms with van der Waals surface area (Å²) in [4.78, 5) is 12.1. The van der Waals surface area contributed by atoms with Gasteiger partial charge < -0.3 is 15.4 Å². The van der Waals surface area contributed by atoms with Gasteiger partial charge in [-0.15, -0.1) is 10.2 Å². The van der Waals surface area contributed by atoms with Gasteiger partial charge in [-0.05, 0) is 49.2 Å². The van der Waals surface area contributed by atoms with Crippen molar-refractivity contribution >= 4 is 39.8 Å². The van der Waals surface area contributed by atoms with Crippen molar-refractivity contribution in [2.24, 2.45) is 0 Å². The quantitative estimate of drug-likeness (QED) is 0.604. The van der Waals surface area contributed by atoms with Crippen LogP contribution in [0.2, 0.25) is 0 Å². The minimum Gasteiger partial charge on any atom is -0.457 e. The van der Waals surface area contributed by atoms with E-state index in [9.17, 15) is 4.79 Å². The van der Waals surface area contributed by atoms with E-state index in [1.165, 1.54) is 23.1 Å². The first-order valence-corrected chi connectivity index (χ1v) is 10.8. The van der Waals surface area contributed by atoms with Crippen LogP contribution in [0.1, 0.15) is 19.3 Å². The van der Waals surface area contributed by atoms with Crippen molar-refractivity contribution in [3.05, 3.63) is 54.6 Å². The predicted octanol–water partition coefficient (Wildman–Crippen LogP) is 4.83. The van der Waals surface area contributed by atoms with Gasteiger partial charge in [0.05, 0.1) is 5.25 Å². The van der Waals surface area contributed by atoms with Crippen molar-refractivity contribution in [1.82, 2.24) is 15.5 Å². The maximum atomic E-state index is 12.1. The van der Waals surface area contributed by atoms with E-state index in [0.717, 1.165) is 47.3 Å². The Hall–Kier alpha value is -2.58. The molecule has 0 saturated carbocycles. The van der Waals surface area contributed by atoms with E-state index in [1.807, 2.05) is 54.6 Å². The molecule has 2 heterocycles. The summed E-state index contributed by atoms with van der Waals surface area (Å²) in [6.45, 7) is 0.767. The van der Waals surface area contributed by atoms with Crippen molar-refractivity contribution in [3.63, 3.8) is 0 Å². The van der Waals surface area contributed by atoms with Crippen LogP contribution in [0.3, 0.4) is 0 Å². The SMILES string of the molecule is O=C1NCCCCC1Sc1nnc(Nc2ccc(Oc3ccccc3)cc2)s1. The van der Waals surface area contributed by atoms with E-state index in [4.69, 9.17) is 4.74 Å². The fourth-order valence-corrected chi connectivity index (χ4v) is 4.89. The Morgan fingerprint density at radius 1 is 1.04 bits per heavy atom. The molecule has 28 heavy (non-hydrogen) atoms. The van der Waals surface area contributed by atoms with Crippen LogP contribution in [0.15, 0.2) is 58.9 Å². The lowest BCUT2D eigenvalue weighted by molar-refractivity contribution is -0.120. The topological polar surface area (TPSA) is 76.1 Å². The van der Waals surface area contributed by atoms with Crippen LogP contribution in [-0.2, 0) is 4.79 Å². The van der Waals surface area contributed by atoms with Crippen LogP contribution in [0, 0.1) is 0 Å². The van der Waals surface area contributed by atoms with Gasteiger partial charge in [0.1, 0.15) is 11.5 Å². The molecule has 0 bridgehead atoms. The molecule has 0 radical (unpaired) electrons. The van der Waals surface area contributed by atoms with Crippen LogP contribution in [0.5, 0.6) is 11.5 Å². The number of nitrogens with zero attached hydrogens (tertiary/aromatic N) is 2. The minimum absolute atomic E-state index is 0.0854. The number of carbonyl (C=O) groups excluding carboxylic acids is 1. The number of hydrogen-bond acceptors (Lipinski definition) is 7. The molecule has 1 aromatic heterocycles. The summed E-state index contributed by atoms with van der Waals surface area (Å²) in [5, 5.41) is 15.2. The molecule has 0 aliphatic carbocycles. The zero-order chi connectivity index (χ0) is 19.2. The van der Waals surface area contributed by atoms with E-state index in [0.29, 0.717) is 5.13 Å². The number of ether oxygens (including phenoxy) is 1. The van der Waals surface area contributed by atoms with Crippen molar-refractivity contribution in [2.45, 2.75) is 28.9 Å². The molecule has 8 heteroatoms. The molecule has 3 aromatic rings. The predicted molar refractivity (Wildman–Crippen MR) is 113 cm³/mol. The second-order valence-corrected chi connectivity index (χ2v) is 8.76. The van der Waals surface area contributed by atoms with Gasteiger partial charge in [0.15, 0.2) is 4.34 Å². The zero-order valence-electron chi connectivity index (χ0n) is 15.1. The van der Waals surface area contributed by atoms with Gasteiger partial charge in [-0.1, -0.05) is 47.7 Å². The average Bonchev–Trinajstić information content (AvgIpc) is 3.05. The first-order valence-electron chi connectivity index (χ1n) is 9.14. The third-order valence-electron chi connectivity index (χ3n) is 4.22. The molecule has 0 spiro atoms. The average molecular weight is 413 g/mol. The molecule has 1 amide bonds. The van der Waals surface area contributed by atoms with Gasteiger partial charge in [0.2, 0.25) is 11.0 Å².